The Morgan fingerprint density at radius 2 is 1.50 bits per heavy atom. The summed E-state index contributed by atoms with van der Waals surface area (Å²) in [6.45, 7) is 5.76. The van der Waals surface area contributed by atoms with Crippen LogP contribution in [-0.4, -0.2) is 22.9 Å². The Kier molecular flexibility index (Phi) is 5.31. The molecule has 1 unspecified atom stereocenters. The number of hydrogen-bond donors (Lipinski definition) is 2. The molecule has 0 aliphatic carbocycles. The van der Waals surface area contributed by atoms with Crippen molar-refractivity contribution in [2.75, 3.05) is 0 Å². The molecular weight excluding hydrogens is 300 g/mol. The van der Waals surface area contributed by atoms with Gasteiger partial charge in [-0.1, -0.05) is 20.8 Å². The van der Waals surface area contributed by atoms with Crippen LogP contribution in [0, 0.1) is 5.92 Å². The van der Waals surface area contributed by atoms with E-state index in [1.807, 2.05) is 20.8 Å². The van der Waals surface area contributed by atoms with Crippen molar-refractivity contribution in [3.63, 3.8) is 0 Å². The number of nitrogens with two attached hydrogens (primary N) is 1. The lowest BCUT2D eigenvalue weighted by atomic mass is 10.0. The van der Waals surface area contributed by atoms with Crippen LogP contribution in [0.25, 0.3) is 0 Å². The van der Waals surface area contributed by atoms with Crippen molar-refractivity contribution in [2.45, 2.75) is 43.0 Å². The summed E-state index contributed by atoms with van der Waals surface area (Å²) in [4.78, 5) is -0.101. The molecule has 0 aromatic heterocycles. The average molecular weight is 320 g/mol. The van der Waals surface area contributed by atoms with Crippen molar-refractivity contribution in [1.29, 1.82) is 0 Å². The maximum Gasteiger partial charge on any atom is 0.240 e. The fraction of sp³-hybridized carbons (Fsp3) is 0.500. The average Bonchev–Trinajstić information content (AvgIpc) is 2.35. The van der Waals surface area contributed by atoms with Gasteiger partial charge in [0, 0.05) is 6.04 Å². The second-order valence-electron chi connectivity index (χ2n) is 4.90. The van der Waals surface area contributed by atoms with Crippen LogP contribution in [0.5, 0.6) is 0 Å². The maximum atomic E-state index is 12.2. The van der Waals surface area contributed by atoms with Crippen LogP contribution >= 0.6 is 0 Å². The lowest BCUT2D eigenvalue weighted by Crippen LogP contribution is -2.37. The van der Waals surface area contributed by atoms with E-state index in [9.17, 15) is 16.8 Å². The number of primary sulfonamides is 1. The standard InChI is InChI=1S/C12H20N2O4S2/c1-4-12(9(2)3)14-20(17,18)11-7-5-10(6-8-11)19(13,15)16/h5-9,12,14H,4H2,1-3H3,(H2,13,15,16). The van der Waals surface area contributed by atoms with Crippen molar-refractivity contribution in [2.24, 2.45) is 11.1 Å². The van der Waals surface area contributed by atoms with Crippen LogP contribution in [-0.2, 0) is 20.0 Å². The van der Waals surface area contributed by atoms with E-state index in [0.717, 1.165) is 0 Å². The molecule has 0 aliphatic rings. The summed E-state index contributed by atoms with van der Waals surface area (Å²) in [7, 11) is -7.49. The van der Waals surface area contributed by atoms with Gasteiger partial charge in [0.15, 0.2) is 0 Å². The molecule has 0 fully saturated rings. The van der Waals surface area contributed by atoms with E-state index in [-0.39, 0.29) is 21.8 Å². The first kappa shape index (κ1) is 17.1. The lowest BCUT2D eigenvalue weighted by Gasteiger charge is -2.20. The van der Waals surface area contributed by atoms with Gasteiger partial charge in [-0.05, 0) is 36.6 Å². The molecule has 0 saturated carbocycles. The second-order valence-corrected chi connectivity index (χ2v) is 8.17. The van der Waals surface area contributed by atoms with E-state index in [1.54, 1.807) is 0 Å². The number of nitrogens with one attached hydrogen (secondary N) is 1. The number of sulfonamides is 2. The summed E-state index contributed by atoms with van der Waals surface area (Å²) in [5.74, 6) is 0.165. The minimum atomic E-state index is -3.82. The maximum absolute atomic E-state index is 12.2. The summed E-state index contributed by atoms with van der Waals surface area (Å²) >= 11 is 0. The highest BCUT2D eigenvalue weighted by atomic mass is 32.2. The highest BCUT2D eigenvalue weighted by Gasteiger charge is 2.21. The van der Waals surface area contributed by atoms with Gasteiger partial charge in [0.05, 0.1) is 9.79 Å². The van der Waals surface area contributed by atoms with Gasteiger partial charge in [-0.25, -0.2) is 26.7 Å². The third-order valence-corrected chi connectivity index (χ3v) is 5.45. The molecule has 0 aliphatic heterocycles. The molecule has 1 aromatic carbocycles. The molecule has 1 atom stereocenters. The van der Waals surface area contributed by atoms with Crippen LogP contribution in [0.3, 0.4) is 0 Å². The van der Waals surface area contributed by atoms with Gasteiger partial charge in [-0.3, -0.25) is 0 Å². The highest BCUT2D eigenvalue weighted by molar-refractivity contribution is 7.89. The molecule has 1 aromatic rings. The Morgan fingerprint density at radius 3 is 1.85 bits per heavy atom. The second kappa shape index (κ2) is 6.21. The summed E-state index contributed by atoms with van der Waals surface area (Å²) in [6.07, 6.45) is 0.673. The topological polar surface area (TPSA) is 106 Å². The quantitative estimate of drug-likeness (QED) is 0.817. The number of benzene rings is 1. The van der Waals surface area contributed by atoms with Crippen molar-refractivity contribution in [1.82, 2.24) is 4.72 Å². The van der Waals surface area contributed by atoms with E-state index in [1.165, 1.54) is 24.3 Å². The molecule has 20 heavy (non-hydrogen) atoms. The molecular formula is C12H20N2O4S2. The predicted octanol–water partition coefficient (Wildman–Crippen LogP) is 1.05. The first-order valence-electron chi connectivity index (χ1n) is 6.23. The van der Waals surface area contributed by atoms with Gasteiger partial charge in [0.2, 0.25) is 20.0 Å². The summed E-state index contributed by atoms with van der Waals surface area (Å²) in [5, 5.41) is 4.97. The van der Waals surface area contributed by atoms with E-state index in [4.69, 9.17) is 5.14 Å². The van der Waals surface area contributed by atoms with Crippen molar-refractivity contribution < 1.29 is 16.8 Å². The lowest BCUT2D eigenvalue weighted by molar-refractivity contribution is 0.437. The Hall–Kier alpha value is -0.960. The minimum Gasteiger partial charge on any atom is -0.225 e. The van der Waals surface area contributed by atoms with Gasteiger partial charge in [0.25, 0.3) is 0 Å². The Balaban J connectivity index is 3.05. The molecule has 0 amide bonds. The molecule has 8 heteroatoms. The Bertz CT molecular complexity index is 649. The minimum absolute atomic E-state index is 0.0176. The molecule has 0 heterocycles. The molecule has 0 spiro atoms. The van der Waals surface area contributed by atoms with Crippen LogP contribution in [0.1, 0.15) is 27.2 Å². The highest BCUT2D eigenvalue weighted by Crippen LogP contribution is 2.16. The zero-order valence-corrected chi connectivity index (χ0v) is 13.3. The summed E-state index contributed by atoms with van der Waals surface area (Å²) in [5.41, 5.74) is 0. The smallest absolute Gasteiger partial charge is 0.225 e. The molecule has 1 rings (SSSR count). The molecule has 3 N–H and O–H groups in total. The van der Waals surface area contributed by atoms with Crippen LogP contribution in [0.2, 0.25) is 0 Å². The SMILES string of the molecule is CCC(NS(=O)(=O)c1ccc(S(N)(=O)=O)cc1)C(C)C. The van der Waals surface area contributed by atoms with Gasteiger partial charge >= 0.3 is 0 Å². The zero-order valence-electron chi connectivity index (χ0n) is 11.7. The first-order valence-corrected chi connectivity index (χ1v) is 9.26. The largest absolute Gasteiger partial charge is 0.240 e. The fourth-order valence-electron chi connectivity index (χ4n) is 1.77. The third-order valence-electron chi connectivity index (χ3n) is 3.01. The van der Waals surface area contributed by atoms with Crippen LogP contribution in [0.4, 0.5) is 0 Å². The first-order chi connectivity index (χ1) is 9.08. The molecule has 114 valence electrons. The van der Waals surface area contributed by atoms with Crippen LogP contribution < -0.4 is 9.86 Å². The Labute approximate surface area is 120 Å². The van der Waals surface area contributed by atoms with Gasteiger partial charge in [-0.2, -0.15) is 0 Å². The van der Waals surface area contributed by atoms with E-state index in [0.29, 0.717) is 6.42 Å². The fourth-order valence-corrected chi connectivity index (χ4v) is 3.75. The van der Waals surface area contributed by atoms with Gasteiger partial charge in [-0.15, -0.1) is 0 Å². The number of rotatable bonds is 6. The summed E-state index contributed by atoms with van der Waals surface area (Å²) in [6, 6.07) is 4.66. The van der Waals surface area contributed by atoms with Gasteiger partial charge < -0.3 is 0 Å². The van der Waals surface area contributed by atoms with E-state index < -0.39 is 20.0 Å². The monoisotopic (exact) mass is 320 g/mol. The number of hydrogen-bond acceptors (Lipinski definition) is 4. The Morgan fingerprint density at radius 1 is 1.05 bits per heavy atom. The molecule has 0 bridgehead atoms. The van der Waals surface area contributed by atoms with Gasteiger partial charge in [0.1, 0.15) is 0 Å². The van der Waals surface area contributed by atoms with E-state index >= 15 is 0 Å². The predicted molar refractivity (Wildman–Crippen MR) is 77.1 cm³/mol. The molecule has 6 nitrogen and oxygen atoms in total. The molecule has 0 radical (unpaired) electrons. The third kappa shape index (κ3) is 4.27. The van der Waals surface area contributed by atoms with Crippen molar-refractivity contribution >= 4 is 20.0 Å². The normalized spacial score (nSPS) is 14.4. The van der Waals surface area contributed by atoms with Crippen molar-refractivity contribution in [3.05, 3.63) is 24.3 Å². The summed E-state index contributed by atoms with van der Waals surface area (Å²) < 4.78 is 49.2. The molecule has 0 saturated heterocycles. The van der Waals surface area contributed by atoms with Crippen molar-refractivity contribution in [3.8, 4) is 0 Å². The zero-order chi connectivity index (χ0) is 15.6. The van der Waals surface area contributed by atoms with E-state index in [2.05, 4.69) is 4.72 Å². The van der Waals surface area contributed by atoms with Crippen LogP contribution in [0.15, 0.2) is 34.1 Å².